The number of aromatic nitrogens is 4. The normalized spacial score (nSPS) is 10.6. The van der Waals surface area contributed by atoms with Crippen molar-refractivity contribution in [1.82, 2.24) is 19.7 Å². The zero-order valence-corrected chi connectivity index (χ0v) is 16.6. The number of benzene rings is 2. The van der Waals surface area contributed by atoms with Gasteiger partial charge in [0.05, 0.1) is 6.54 Å². The molecular weight excluding hydrogens is 376 g/mol. The van der Waals surface area contributed by atoms with Crippen molar-refractivity contribution >= 4 is 17.4 Å². The molecular formula is C23H22N6O. The van der Waals surface area contributed by atoms with Crippen molar-refractivity contribution < 1.29 is 4.79 Å². The van der Waals surface area contributed by atoms with Crippen molar-refractivity contribution in [3.8, 4) is 0 Å². The predicted molar refractivity (Wildman–Crippen MR) is 116 cm³/mol. The quantitative estimate of drug-likeness (QED) is 0.515. The van der Waals surface area contributed by atoms with E-state index in [0.717, 1.165) is 18.1 Å². The lowest BCUT2D eigenvalue weighted by atomic mass is 10.2. The van der Waals surface area contributed by atoms with E-state index in [0.29, 0.717) is 12.4 Å². The van der Waals surface area contributed by atoms with Gasteiger partial charge >= 0.3 is 0 Å². The molecule has 4 aromatic rings. The number of carbonyl (C=O) groups excluding carboxylic acids is 1. The molecule has 0 bridgehead atoms. The van der Waals surface area contributed by atoms with Gasteiger partial charge < -0.3 is 14.8 Å². The highest BCUT2D eigenvalue weighted by Crippen LogP contribution is 2.14. The Labute approximate surface area is 175 Å². The summed E-state index contributed by atoms with van der Waals surface area (Å²) in [7, 11) is 1.93. The Bertz CT molecular complexity index is 1090. The Kier molecular flexibility index (Phi) is 5.80. The van der Waals surface area contributed by atoms with Gasteiger partial charge in [-0.15, -0.1) is 10.2 Å². The van der Waals surface area contributed by atoms with Crippen LogP contribution in [-0.4, -0.2) is 32.7 Å². The van der Waals surface area contributed by atoms with E-state index in [-0.39, 0.29) is 11.6 Å². The van der Waals surface area contributed by atoms with Crippen LogP contribution >= 0.6 is 0 Å². The average Bonchev–Trinajstić information content (AvgIpc) is 3.21. The molecule has 0 aliphatic carbocycles. The molecule has 2 heterocycles. The zero-order valence-electron chi connectivity index (χ0n) is 16.6. The van der Waals surface area contributed by atoms with E-state index in [1.807, 2.05) is 66.7 Å². The third-order valence-electron chi connectivity index (χ3n) is 4.68. The highest BCUT2D eigenvalue weighted by Gasteiger charge is 2.12. The summed E-state index contributed by atoms with van der Waals surface area (Å²) in [4.78, 5) is 18.8. The summed E-state index contributed by atoms with van der Waals surface area (Å²) in [6.07, 6.45) is 3.77. The topological polar surface area (TPSA) is 75.9 Å². The first-order valence-electron chi connectivity index (χ1n) is 9.64. The molecule has 150 valence electrons. The maximum absolute atomic E-state index is 12.3. The maximum Gasteiger partial charge on any atom is 0.276 e. The summed E-state index contributed by atoms with van der Waals surface area (Å²) in [5, 5.41) is 11.1. The summed E-state index contributed by atoms with van der Waals surface area (Å²) < 4.78 is 2.11. The first kappa shape index (κ1) is 19.3. The molecule has 0 atom stereocenters. The van der Waals surface area contributed by atoms with E-state index in [9.17, 15) is 4.79 Å². The fourth-order valence-corrected chi connectivity index (χ4v) is 3.08. The number of hydrogen-bond acceptors (Lipinski definition) is 5. The first-order valence-corrected chi connectivity index (χ1v) is 9.64. The number of hydrogen-bond donors (Lipinski definition) is 1. The smallest absolute Gasteiger partial charge is 0.276 e. The number of anilines is 2. The molecule has 0 aliphatic rings. The Morgan fingerprint density at radius 1 is 0.967 bits per heavy atom. The monoisotopic (exact) mass is 398 g/mol. The number of nitrogens with one attached hydrogen (secondary N) is 1. The number of carbonyl (C=O) groups is 1. The van der Waals surface area contributed by atoms with Crippen LogP contribution in [0.5, 0.6) is 0 Å². The van der Waals surface area contributed by atoms with Crippen LogP contribution < -0.4 is 10.2 Å². The number of imidazole rings is 1. The molecule has 1 amide bonds. The zero-order chi connectivity index (χ0) is 20.8. The molecule has 0 saturated heterocycles. The molecule has 0 spiro atoms. The second kappa shape index (κ2) is 9.00. The largest absolute Gasteiger partial charge is 0.351 e. The number of nitrogens with zero attached hydrogens (tertiary/aromatic N) is 5. The van der Waals surface area contributed by atoms with Crippen LogP contribution in [0, 0.1) is 0 Å². The van der Waals surface area contributed by atoms with Gasteiger partial charge in [0, 0.05) is 31.7 Å². The molecule has 4 rings (SSSR count). The summed E-state index contributed by atoms with van der Waals surface area (Å²) in [6, 6.07) is 23.0. The van der Waals surface area contributed by atoms with Gasteiger partial charge in [-0.25, -0.2) is 4.98 Å². The molecule has 0 fully saturated rings. The lowest BCUT2D eigenvalue weighted by Gasteiger charge is -2.18. The number of rotatable bonds is 7. The lowest BCUT2D eigenvalue weighted by molar-refractivity contribution is 0.102. The van der Waals surface area contributed by atoms with Gasteiger partial charge in [0.15, 0.2) is 11.5 Å². The van der Waals surface area contributed by atoms with Gasteiger partial charge in [0.1, 0.15) is 5.82 Å². The van der Waals surface area contributed by atoms with E-state index < -0.39 is 0 Å². The predicted octanol–water partition coefficient (Wildman–Crippen LogP) is 3.61. The molecule has 2 aromatic heterocycles. The Balaban J connectivity index is 1.40. The van der Waals surface area contributed by atoms with Crippen molar-refractivity contribution in [3.05, 3.63) is 102 Å². The second-order valence-corrected chi connectivity index (χ2v) is 6.91. The van der Waals surface area contributed by atoms with Gasteiger partial charge in [0.2, 0.25) is 0 Å². The molecule has 7 nitrogen and oxygen atoms in total. The van der Waals surface area contributed by atoms with Crippen molar-refractivity contribution in [1.29, 1.82) is 0 Å². The summed E-state index contributed by atoms with van der Waals surface area (Å²) in [6.45, 7) is 1.33. The Morgan fingerprint density at radius 2 is 1.70 bits per heavy atom. The highest BCUT2D eigenvalue weighted by atomic mass is 16.1. The van der Waals surface area contributed by atoms with Gasteiger partial charge in [-0.05, 0) is 29.8 Å². The van der Waals surface area contributed by atoms with Gasteiger partial charge in [-0.3, -0.25) is 4.79 Å². The molecule has 2 aromatic carbocycles. The third kappa shape index (κ3) is 4.70. The van der Waals surface area contributed by atoms with Crippen molar-refractivity contribution in [2.75, 3.05) is 17.3 Å². The van der Waals surface area contributed by atoms with Crippen molar-refractivity contribution in [3.63, 3.8) is 0 Å². The summed E-state index contributed by atoms with van der Waals surface area (Å²) in [5.41, 5.74) is 2.20. The number of amides is 1. The lowest BCUT2D eigenvalue weighted by Crippen LogP contribution is -2.22. The van der Waals surface area contributed by atoms with Gasteiger partial charge in [-0.2, -0.15) is 0 Å². The molecule has 0 saturated carbocycles. The molecule has 1 N–H and O–H groups in total. The van der Waals surface area contributed by atoms with E-state index in [2.05, 4.69) is 37.2 Å². The van der Waals surface area contributed by atoms with E-state index in [4.69, 9.17) is 0 Å². The maximum atomic E-state index is 12.3. The molecule has 0 radical (unpaired) electrons. The minimum atomic E-state index is -0.290. The van der Waals surface area contributed by atoms with Crippen LogP contribution in [0.25, 0.3) is 0 Å². The first-order chi connectivity index (χ1) is 14.7. The van der Waals surface area contributed by atoms with E-state index in [1.54, 1.807) is 18.3 Å². The minimum absolute atomic E-state index is 0.265. The van der Waals surface area contributed by atoms with E-state index in [1.165, 1.54) is 5.56 Å². The molecule has 0 aliphatic heterocycles. The van der Waals surface area contributed by atoms with Gasteiger partial charge in [-0.1, -0.05) is 48.5 Å². The fraction of sp³-hybridized carbons (Fsp3) is 0.130. The summed E-state index contributed by atoms with van der Waals surface area (Å²) >= 11 is 0. The highest BCUT2D eigenvalue weighted by molar-refractivity contribution is 6.02. The van der Waals surface area contributed by atoms with Crippen LogP contribution in [0.1, 0.15) is 21.9 Å². The van der Waals surface area contributed by atoms with Gasteiger partial charge in [0.25, 0.3) is 5.91 Å². The molecule has 7 heteroatoms. The second-order valence-electron chi connectivity index (χ2n) is 6.91. The fourth-order valence-electron chi connectivity index (χ4n) is 3.08. The minimum Gasteiger partial charge on any atom is -0.351 e. The standard InChI is InChI=1S/C23H22N6O/c1-28(17-22-24-14-15-29(22)16-18-8-4-2-5-9-18)21-13-12-20(26-27-21)23(30)25-19-10-6-3-7-11-19/h2-15H,16-17H2,1H3,(H,25,30). The third-order valence-corrected chi connectivity index (χ3v) is 4.68. The average molecular weight is 398 g/mol. The van der Waals surface area contributed by atoms with Crippen molar-refractivity contribution in [2.45, 2.75) is 13.1 Å². The SMILES string of the molecule is CN(Cc1nccn1Cc1ccccc1)c1ccc(C(=O)Nc2ccccc2)nn1. The van der Waals surface area contributed by atoms with Crippen LogP contribution in [0.3, 0.4) is 0 Å². The Hall–Kier alpha value is -4.00. The van der Waals surface area contributed by atoms with Crippen LogP contribution in [0.15, 0.2) is 85.2 Å². The summed E-state index contributed by atoms with van der Waals surface area (Å²) in [5.74, 6) is 1.30. The molecule has 0 unspecified atom stereocenters. The van der Waals surface area contributed by atoms with Crippen molar-refractivity contribution in [2.24, 2.45) is 0 Å². The number of para-hydroxylation sites is 1. The van der Waals surface area contributed by atoms with E-state index >= 15 is 0 Å². The van der Waals surface area contributed by atoms with Crippen LogP contribution in [0.4, 0.5) is 11.5 Å². The molecule has 30 heavy (non-hydrogen) atoms. The van der Waals surface area contributed by atoms with Crippen LogP contribution in [-0.2, 0) is 13.1 Å². The Morgan fingerprint density at radius 3 is 2.40 bits per heavy atom. The van der Waals surface area contributed by atoms with Crippen LogP contribution in [0.2, 0.25) is 0 Å².